The van der Waals surface area contributed by atoms with Gasteiger partial charge in [0.15, 0.2) is 5.13 Å². The number of aromatic nitrogens is 1. The van der Waals surface area contributed by atoms with E-state index in [0.29, 0.717) is 21.6 Å². The summed E-state index contributed by atoms with van der Waals surface area (Å²) in [5, 5.41) is 5.96. The molecule has 0 spiro atoms. The number of carbonyl (C=O) groups is 1. The summed E-state index contributed by atoms with van der Waals surface area (Å²) in [6.07, 6.45) is 0. The SMILES string of the molecule is CC(C)c1ccc(-c2csc(NC(=O)c3ccc(Cl)cc3)n2)cc1. The van der Waals surface area contributed by atoms with Crippen molar-refractivity contribution in [3.63, 3.8) is 0 Å². The molecule has 0 unspecified atom stereocenters. The molecule has 5 heteroatoms. The zero-order valence-electron chi connectivity index (χ0n) is 13.4. The third kappa shape index (κ3) is 3.83. The number of nitrogens with one attached hydrogen (secondary N) is 1. The van der Waals surface area contributed by atoms with Crippen LogP contribution in [0.25, 0.3) is 11.3 Å². The Morgan fingerprint density at radius 1 is 1.08 bits per heavy atom. The van der Waals surface area contributed by atoms with Gasteiger partial charge in [-0.15, -0.1) is 11.3 Å². The third-order valence-electron chi connectivity index (χ3n) is 3.70. The zero-order chi connectivity index (χ0) is 17.1. The molecule has 24 heavy (non-hydrogen) atoms. The first kappa shape index (κ1) is 16.7. The topological polar surface area (TPSA) is 42.0 Å². The van der Waals surface area contributed by atoms with Crippen molar-refractivity contribution in [2.45, 2.75) is 19.8 Å². The van der Waals surface area contributed by atoms with Crippen LogP contribution in [0, 0.1) is 0 Å². The van der Waals surface area contributed by atoms with Crippen LogP contribution in [0.1, 0.15) is 35.7 Å². The van der Waals surface area contributed by atoms with Gasteiger partial charge in [-0.25, -0.2) is 4.98 Å². The predicted molar refractivity (Wildman–Crippen MR) is 101 cm³/mol. The highest BCUT2D eigenvalue weighted by Crippen LogP contribution is 2.26. The largest absolute Gasteiger partial charge is 0.298 e. The number of halogens is 1. The zero-order valence-corrected chi connectivity index (χ0v) is 15.0. The summed E-state index contributed by atoms with van der Waals surface area (Å²) in [6.45, 7) is 4.34. The van der Waals surface area contributed by atoms with Gasteiger partial charge >= 0.3 is 0 Å². The summed E-state index contributed by atoms with van der Waals surface area (Å²) in [5.74, 6) is 0.312. The molecule has 0 fully saturated rings. The minimum Gasteiger partial charge on any atom is -0.298 e. The number of carbonyl (C=O) groups excluding carboxylic acids is 1. The smallest absolute Gasteiger partial charge is 0.257 e. The van der Waals surface area contributed by atoms with Gasteiger partial charge in [0.2, 0.25) is 0 Å². The minimum absolute atomic E-state index is 0.192. The van der Waals surface area contributed by atoms with E-state index in [4.69, 9.17) is 11.6 Å². The summed E-state index contributed by atoms with van der Waals surface area (Å²) >= 11 is 7.25. The Hall–Kier alpha value is -2.17. The molecule has 1 amide bonds. The fourth-order valence-electron chi connectivity index (χ4n) is 2.27. The van der Waals surface area contributed by atoms with Crippen molar-refractivity contribution < 1.29 is 4.79 Å². The molecule has 122 valence electrons. The van der Waals surface area contributed by atoms with Gasteiger partial charge in [-0.1, -0.05) is 49.7 Å². The van der Waals surface area contributed by atoms with Gasteiger partial charge in [0, 0.05) is 21.5 Å². The molecule has 3 aromatic rings. The highest BCUT2D eigenvalue weighted by Gasteiger charge is 2.10. The highest BCUT2D eigenvalue weighted by molar-refractivity contribution is 7.14. The fraction of sp³-hybridized carbons (Fsp3) is 0.158. The monoisotopic (exact) mass is 356 g/mol. The first-order valence-corrected chi connectivity index (χ1v) is 8.91. The lowest BCUT2D eigenvalue weighted by Crippen LogP contribution is -2.11. The number of rotatable bonds is 4. The van der Waals surface area contributed by atoms with Crippen LogP contribution in [-0.4, -0.2) is 10.9 Å². The lowest BCUT2D eigenvalue weighted by atomic mass is 10.0. The Bertz CT molecular complexity index is 839. The van der Waals surface area contributed by atoms with Gasteiger partial charge < -0.3 is 0 Å². The van der Waals surface area contributed by atoms with E-state index in [9.17, 15) is 4.79 Å². The highest BCUT2D eigenvalue weighted by atomic mass is 35.5. The molecule has 3 rings (SSSR count). The molecule has 0 saturated heterocycles. The van der Waals surface area contributed by atoms with Crippen molar-refractivity contribution in [3.05, 3.63) is 70.1 Å². The van der Waals surface area contributed by atoms with Crippen LogP contribution in [0.4, 0.5) is 5.13 Å². The Labute approximate surface area is 150 Å². The normalized spacial score (nSPS) is 10.8. The molecule has 0 saturated carbocycles. The van der Waals surface area contributed by atoms with E-state index in [-0.39, 0.29) is 5.91 Å². The van der Waals surface area contributed by atoms with Gasteiger partial charge in [-0.3, -0.25) is 10.1 Å². The number of hydrogen-bond acceptors (Lipinski definition) is 3. The predicted octanol–water partition coefficient (Wildman–Crippen LogP) is 5.84. The Morgan fingerprint density at radius 3 is 2.38 bits per heavy atom. The second-order valence-electron chi connectivity index (χ2n) is 5.78. The standard InChI is InChI=1S/C19H17ClN2OS/c1-12(2)13-3-5-14(6-4-13)17-11-24-19(21-17)22-18(23)15-7-9-16(20)10-8-15/h3-12H,1-2H3,(H,21,22,23). The third-order valence-corrected chi connectivity index (χ3v) is 4.71. The molecule has 0 radical (unpaired) electrons. The number of amides is 1. The maximum atomic E-state index is 12.2. The van der Waals surface area contributed by atoms with Gasteiger partial charge in [0.25, 0.3) is 5.91 Å². The number of nitrogens with zero attached hydrogens (tertiary/aromatic N) is 1. The molecule has 0 aliphatic heterocycles. The summed E-state index contributed by atoms with van der Waals surface area (Å²) in [6, 6.07) is 15.1. The summed E-state index contributed by atoms with van der Waals surface area (Å²) < 4.78 is 0. The van der Waals surface area contributed by atoms with E-state index in [1.165, 1.54) is 16.9 Å². The molecule has 1 heterocycles. The fourth-order valence-corrected chi connectivity index (χ4v) is 3.11. The number of hydrogen-bond donors (Lipinski definition) is 1. The Balaban J connectivity index is 1.73. The van der Waals surface area contributed by atoms with Crippen LogP contribution in [0.2, 0.25) is 5.02 Å². The van der Waals surface area contributed by atoms with E-state index >= 15 is 0 Å². The van der Waals surface area contributed by atoms with Crippen LogP contribution in [-0.2, 0) is 0 Å². The number of benzene rings is 2. The molecule has 1 N–H and O–H groups in total. The minimum atomic E-state index is -0.192. The van der Waals surface area contributed by atoms with Gasteiger partial charge in [0.1, 0.15) is 0 Å². The lowest BCUT2D eigenvalue weighted by molar-refractivity contribution is 0.102. The van der Waals surface area contributed by atoms with Crippen molar-refractivity contribution in [3.8, 4) is 11.3 Å². The maximum Gasteiger partial charge on any atom is 0.257 e. The Morgan fingerprint density at radius 2 is 1.75 bits per heavy atom. The van der Waals surface area contributed by atoms with Crippen LogP contribution in [0.3, 0.4) is 0 Å². The quantitative estimate of drug-likeness (QED) is 0.638. The van der Waals surface area contributed by atoms with Crippen LogP contribution < -0.4 is 5.32 Å². The van der Waals surface area contributed by atoms with Gasteiger partial charge in [-0.05, 0) is 35.7 Å². The summed E-state index contributed by atoms with van der Waals surface area (Å²) in [5.41, 5.74) is 3.76. The van der Waals surface area contributed by atoms with E-state index in [0.717, 1.165) is 11.3 Å². The Kier molecular flexibility index (Phi) is 4.97. The average molecular weight is 357 g/mol. The maximum absolute atomic E-state index is 12.2. The van der Waals surface area contributed by atoms with Crippen LogP contribution in [0.5, 0.6) is 0 Å². The van der Waals surface area contributed by atoms with E-state index in [1.54, 1.807) is 24.3 Å². The lowest BCUT2D eigenvalue weighted by Gasteiger charge is -2.05. The molecular formula is C19H17ClN2OS. The van der Waals surface area contributed by atoms with E-state index < -0.39 is 0 Å². The van der Waals surface area contributed by atoms with Gasteiger partial charge in [-0.2, -0.15) is 0 Å². The van der Waals surface area contributed by atoms with Crippen molar-refractivity contribution in [2.75, 3.05) is 5.32 Å². The molecule has 0 bridgehead atoms. The van der Waals surface area contributed by atoms with E-state index in [2.05, 4.69) is 48.4 Å². The molecule has 3 nitrogen and oxygen atoms in total. The second-order valence-corrected chi connectivity index (χ2v) is 7.07. The summed E-state index contributed by atoms with van der Waals surface area (Å²) in [4.78, 5) is 16.7. The average Bonchev–Trinajstić information content (AvgIpc) is 3.04. The molecule has 2 aromatic carbocycles. The van der Waals surface area contributed by atoms with Crippen molar-refractivity contribution >= 4 is 34.0 Å². The van der Waals surface area contributed by atoms with Gasteiger partial charge in [0.05, 0.1) is 5.69 Å². The van der Waals surface area contributed by atoms with Crippen molar-refractivity contribution in [1.29, 1.82) is 0 Å². The molecule has 1 aromatic heterocycles. The first-order valence-electron chi connectivity index (χ1n) is 7.65. The number of thiazole rings is 1. The van der Waals surface area contributed by atoms with E-state index in [1.807, 2.05) is 5.38 Å². The van der Waals surface area contributed by atoms with Crippen LogP contribution in [0.15, 0.2) is 53.9 Å². The second kappa shape index (κ2) is 7.16. The first-order chi connectivity index (χ1) is 11.5. The molecular weight excluding hydrogens is 340 g/mol. The molecule has 0 aliphatic carbocycles. The van der Waals surface area contributed by atoms with Crippen molar-refractivity contribution in [2.24, 2.45) is 0 Å². The number of anilines is 1. The molecule has 0 aliphatic rings. The van der Waals surface area contributed by atoms with Crippen molar-refractivity contribution in [1.82, 2.24) is 4.98 Å². The molecule has 0 atom stereocenters. The van der Waals surface area contributed by atoms with Crippen LogP contribution >= 0.6 is 22.9 Å². The summed E-state index contributed by atoms with van der Waals surface area (Å²) in [7, 11) is 0.